The highest BCUT2D eigenvalue weighted by Gasteiger charge is 2.14. The standard InChI is InChI=1S/C14H23N3O4S.ClH/c1-11-3-5-13(6-4-11)22(19,20)17-8-7-16-14(18)9-12(10-15)21-2;/h3-6,12,17H,7-10,15H2,1-2H3,(H,16,18);1H. The number of sulfonamides is 1. The van der Waals surface area contributed by atoms with Crippen LogP contribution in [0.4, 0.5) is 0 Å². The minimum Gasteiger partial charge on any atom is -0.380 e. The van der Waals surface area contributed by atoms with Gasteiger partial charge in [0.2, 0.25) is 15.9 Å². The zero-order chi connectivity index (χ0) is 16.6. The first kappa shape index (κ1) is 21.8. The molecule has 0 heterocycles. The fraction of sp³-hybridized carbons (Fsp3) is 0.500. The number of nitrogens with one attached hydrogen (secondary N) is 2. The minimum absolute atomic E-state index is 0. The van der Waals surface area contributed by atoms with Gasteiger partial charge in [-0.15, -0.1) is 12.4 Å². The topological polar surface area (TPSA) is 111 Å². The molecule has 1 aromatic carbocycles. The highest BCUT2D eigenvalue weighted by Crippen LogP contribution is 2.09. The highest BCUT2D eigenvalue weighted by atomic mass is 35.5. The zero-order valence-electron chi connectivity index (χ0n) is 13.2. The maximum atomic E-state index is 12.0. The lowest BCUT2D eigenvalue weighted by Crippen LogP contribution is -2.37. The van der Waals surface area contributed by atoms with Crippen LogP contribution in [0, 0.1) is 6.92 Å². The summed E-state index contributed by atoms with van der Waals surface area (Å²) in [6.07, 6.45) is -0.179. The van der Waals surface area contributed by atoms with E-state index in [0.717, 1.165) is 5.56 Å². The van der Waals surface area contributed by atoms with E-state index in [1.165, 1.54) is 7.11 Å². The van der Waals surface area contributed by atoms with Gasteiger partial charge in [0, 0.05) is 26.7 Å². The Hall–Kier alpha value is -1.19. The number of benzene rings is 1. The van der Waals surface area contributed by atoms with Gasteiger partial charge in [-0.05, 0) is 19.1 Å². The van der Waals surface area contributed by atoms with Crippen molar-refractivity contribution in [2.24, 2.45) is 5.73 Å². The fourth-order valence-electron chi connectivity index (χ4n) is 1.73. The number of nitrogens with two attached hydrogens (primary N) is 1. The van der Waals surface area contributed by atoms with Crippen LogP contribution in [0.25, 0.3) is 0 Å². The van der Waals surface area contributed by atoms with Gasteiger partial charge in [-0.1, -0.05) is 17.7 Å². The molecular weight excluding hydrogens is 342 g/mol. The van der Waals surface area contributed by atoms with Crippen molar-refractivity contribution in [1.29, 1.82) is 0 Å². The predicted octanol–water partition coefficient (Wildman–Crippen LogP) is 0.175. The van der Waals surface area contributed by atoms with E-state index in [1.807, 2.05) is 6.92 Å². The van der Waals surface area contributed by atoms with Crippen LogP contribution in [-0.4, -0.2) is 47.2 Å². The van der Waals surface area contributed by atoms with Gasteiger partial charge in [-0.25, -0.2) is 13.1 Å². The van der Waals surface area contributed by atoms with E-state index in [-0.39, 0.29) is 55.4 Å². The van der Waals surface area contributed by atoms with E-state index < -0.39 is 10.0 Å². The number of hydrogen-bond donors (Lipinski definition) is 3. The molecule has 0 aromatic heterocycles. The lowest BCUT2D eigenvalue weighted by molar-refractivity contribution is -0.123. The van der Waals surface area contributed by atoms with E-state index in [9.17, 15) is 13.2 Å². The molecule has 0 aliphatic carbocycles. The molecule has 1 aromatic rings. The van der Waals surface area contributed by atoms with Crippen molar-refractivity contribution in [2.75, 3.05) is 26.7 Å². The van der Waals surface area contributed by atoms with Gasteiger partial charge < -0.3 is 15.8 Å². The van der Waals surface area contributed by atoms with Gasteiger partial charge in [0.15, 0.2) is 0 Å². The summed E-state index contributed by atoms with van der Waals surface area (Å²) in [5.74, 6) is -0.230. The molecule has 0 bridgehead atoms. The number of carbonyl (C=O) groups excluding carboxylic acids is 1. The Balaban J connectivity index is 0.00000484. The third-order valence-corrected chi connectivity index (χ3v) is 4.56. The van der Waals surface area contributed by atoms with Crippen LogP contribution in [-0.2, 0) is 19.6 Å². The van der Waals surface area contributed by atoms with Crippen molar-refractivity contribution < 1.29 is 17.9 Å². The number of hydrogen-bond acceptors (Lipinski definition) is 5. The Morgan fingerprint density at radius 2 is 1.87 bits per heavy atom. The summed E-state index contributed by atoms with van der Waals surface area (Å²) in [7, 11) is -2.07. The average Bonchev–Trinajstić information content (AvgIpc) is 2.49. The third-order valence-electron chi connectivity index (χ3n) is 3.08. The number of aryl methyl sites for hydroxylation is 1. The van der Waals surface area contributed by atoms with Crippen LogP contribution in [0.15, 0.2) is 29.2 Å². The number of rotatable bonds is 9. The van der Waals surface area contributed by atoms with Crippen LogP contribution in [0.2, 0.25) is 0 Å². The van der Waals surface area contributed by atoms with Crippen LogP contribution in [0.3, 0.4) is 0 Å². The molecule has 0 saturated carbocycles. The van der Waals surface area contributed by atoms with Crippen molar-refractivity contribution in [3.63, 3.8) is 0 Å². The summed E-state index contributed by atoms with van der Waals surface area (Å²) < 4.78 is 31.4. The normalized spacial score (nSPS) is 12.3. The van der Waals surface area contributed by atoms with Gasteiger partial charge in [0.1, 0.15) is 0 Å². The molecule has 0 spiro atoms. The summed E-state index contributed by atoms with van der Waals surface area (Å²) in [4.78, 5) is 11.8. The zero-order valence-corrected chi connectivity index (χ0v) is 14.9. The first-order chi connectivity index (χ1) is 10.4. The number of amides is 1. The number of methoxy groups -OCH3 is 1. The maximum Gasteiger partial charge on any atom is 0.240 e. The molecule has 4 N–H and O–H groups in total. The molecule has 0 aliphatic rings. The Labute approximate surface area is 143 Å². The summed E-state index contributed by atoms with van der Waals surface area (Å²) in [6, 6.07) is 6.55. The smallest absolute Gasteiger partial charge is 0.240 e. The summed E-state index contributed by atoms with van der Waals surface area (Å²) in [5.41, 5.74) is 6.41. The quantitative estimate of drug-likeness (QED) is 0.540. The lowest BCUT2D eigenvalue weighted by Gasteiger charge is -2.13. The second-order valence-corrected chi connectivity index (χ2v) is 6.63. The molecule has 23 heavy (non-hydrogen) atoms. The Kier molecular flexibility index (Phi) is 10.0. The van der Waals surface area contributed by atoms with Gasteiger partial charge in [-0.3, -0.25) is 4.79 Å². The van der Waals surface area contributed by atoms with Gasteiger partial charge >= 0.3 is 0 Å². The van der Waals surface area contributed by atoms with Crippen molar-refractivity contribution >= 4 is 28.3 Å². The Bertz CT molecular complexity index is 574. The van der Waals surface area contributed by atoms with Crippen molar-refractivity contribution in [3.05, 3.63) is 29.8 Å². The summed E-state index contributed by atoms with van der Waals surface area (Å²) >= 11 is 0. The second kappa shape index (κ2) is 10.6. The fourth-order valence-corrected chi connectivity index (χ4v) is 2.76. The van der Waals surface area contributed by atoms with E-state index in [4.69, 9.17) is 10.5 Å². The van der Waals surface area contributed by atoms with Crippen LogP contribution in [0.5, 0.6) is 0 Å². The molecule has 0 fully saturated rings. The summed E-state index contributed by atoms with van der Waals surface area (Å²) in [6.45, 7) is 2.45. The van der Waals surface area contributed by atoms with E-state index in [0.29, 0.717) is 0 Å². The van der Waals surface area contributed by atoms with Crippen molar-refractivity contribution in [2.45, 2.75) is 24.3 Å². The number of carbonyl (C=O) groups is 1. The minimum atomic E-state index is -3.55. The van der Waals surface area contributed by atoms with Crippen LogP contribution in [0.1, 0.15) is 12.0 Å². The molecule has 0 aliphatic heterocycles. The van der Waals surface area contributed by atoms with Crippen molar-refractivity contribution in [1.82, 2.24) is 10.0 Å². The first-order valence-corrected chi connectivity index (χ1v) is 8.43. The molecule has 132 valence electrons. The molecule has 1 amide bonds. The summed E-state index contributed by atoms with van der Waals surface area (Å²) in [5, 5.41) is 2.61. The van der Waals surface area contributed by atoms with E-state index in [1.54, 1.807) is 24.3 Å². The Morgan fingerprint density at radius 3 is 2.39 bits per heavy atom. The molecule has 1 atom stereocenters. The molecular formula is C14H24ClN3O4S. The molecule has 0 saturated heterocycles. The van der Waals surface area contributed by atoms with Crippen LogP contribution < -0.4 is 15.8 Å². The van der Waals surface area contributed by atoms with E-state index >= 15 is 0 Å². The van der Waals surface area contributed by atoms with Gasteiger partial charge in [0.25, 0.3) is 0 Å². The van der Waals surface area contributed by atoms with Crippen LogP contribution >= 0.6 is 12.4 Å². The first-order valence-electron chi connectivity index (χ1n) is 6.95. The largest absolute Gasteiger partial charge is 0.380 e. The molecule has 1 rings (SSSR count). The molecule has 7 nitrogen and oxygen atoms in total. The number of halogens is 1. The SMILES string of the molecule is COC(CN)CC(=O)NCCNS(=O)(=O)c1ccc(C)cc1.Cl. The monoisotopic (exact) mass is 365 g/mol. The predicted molar refractivity (Wildman–Crippen MR) is 91.1 cm³/mol. The highest BCUT2D eigenvalue weighted by molar-refractivity contribution is 7.89. The average molecular weight is 366 g/mol. The maximum absolute atomic E-state index is 12.0. The second-order valence-electron chi connectivity index (χ2n) is 4.86. The third kappa shape index (κ3) is 7.76. The van der Waals surface area contributed by atoms with Crippen molar-refractivity contribution in [3.8, 4) is 0 Å². The lowest BCUT2D eigenvalue weighted by atomic mass is 10.2. The molecule has 1 unspecified atom stereocenters. The molecule has 0 radical (unpaired) electrons. The van der Waals surface area contributed by atoms with E-state index in [2.05, 4.69) is 10.0 Å². The molecule has 9 heteroatoms. The number of ether oxygens (including phenoxy) is 1. The Morgan fingerprint density at radius 1 is 1.26 bits per heavy atom. The van der Waals surface area contributed by atoms with Gasteiger partial charge in [-0.2, -0.15) is 0 Å². The van der Waals surface area contributed by atoms with Gasteiger partial charge in [0.05, 0.1) is 17.4 Å².